The highest BCUT2D eigenvalue weighted by molar-refractivity contribution is 6.00. The van der Waals surface area contributed by atoms with Crippen molar-refractivity contribution in [1.29, 1.82) is 0 Å². The Morgan fingerprint density at radius 3 is 2.65 bits per heavy atom. The molecule has 0 spiro atoms. The first-order chi connectivity index (χ1) is 19.2. The number of hydrogen-bond acceptors (Lipinski definition) is 7. The van der Waals surface area contributed by atoms with Crippen LogP contribution < -0.4 is 10.3 Å². The minimum atomic E-state index is -4.91. The summed E-state index contributed by atoms with van der Waals surface area (Å²) in [5.41, 5.74) is -3.10. The molecule has 4 heterocycles. The number of nitrogens with zero attached hydrogens (tertiary/aromatic N) is 4. The maximum atomic E-state index is 14.2. The molecule has 40 heavy (non-hydrogen) atoms. The van der Waals surface area contributed by atoms with E-state index in [-0.39, 0.29) is 52.6 Å². The maximum Gasteiger partial charge on any atom is 0.435 e. The van der Waals surface area contributed by atoms with Gasteiger partial charge in [0.25, 0.3) is 11.5 Å². The lowest BCUT2D eigenvalue weighted by atomic mass is 10.1. The Morgan fingerprint density at radius 2 is 1.95 bits per heavy atom. The fourth-order valence-electron chi connectivity index (χ4n) is 5.14. The van der Waals surface area contributed by atoms with Gasteiger partial charge in [0.15, 0.2) is 16.8 Å². The van der Waals surface area contributed by atoms with Crippen LogP contribution in [0.25, 0.3) is 39.3 Å². The third kappa shape index (κ3) is 4.01. The number of likely N-dealkylation sites (tertiary alicyclic amines) is 1. The van der Waals surface area contributed by atoms with Gasteiger partial charge in [-0.2, -0.15) is 22.8 Å². The van der Waals surface area contributed by atoms with E-state index in [1.165, 1.54) is 24.1 Å². The fraction of sp³-hybridized carbons (Fsp3) is 0.259. The normalized spacial score (nSPS) is 15.8. The van der Waals surface area contributed by atoms with Crippen LogP contribution in [0.4, 0.5) is 13.2 Å². The van der Waals surface area contributed by atoms with Gasteiger partial charge in [-0.15, -0.1) is 0 Å². The molecule has 1 fully saturated rings. The average Bonchev–Trinajstić information content (AvgIpc) is 3.69. The first-order valence-electron chi connectivity index (χ1n) is 12.4. The molecule has 3 aromatic heterocycles. The van der Waals surface area contributed by atoms with Crippen LogP contribution in [-0.4, -0.2) is 61.8 Å². The molecular weight excluding hydrogens is 531 g/mol. The largest absolute Gasteiger partial charge is 0.494 e. The van der Waals surface area contributed by atoms with Gasteiger partial charge in [-0.1, -0.05) is 36.4 Å². The molecule has 13 heteroatoms. The molecule has 1 unspecified atom stereocenters. The SMILES string of the molecule is COc1cccc2oc(-c3c(C(=O)N4CCCC4CO)[nH]c4c(-c5ccccc5)c(C(F)(F)F)nn4c3=O)nc12. The second-order valence-electron chi connectivity index (χ2n) is 9.33. The Kier molecular flexibility index (Phi) is 6.10. The molecule has 10 nitrogen and oxygen atoms in total. The van der Waals surface area contributed by atoms with E-state index in [4.69, 9.17) is 9.15 Å². The molecule has 0 bridgehead atoms. The molecule has 5 aromatic rings. The van der Waals surface area contributed by atoms with Gasteiger partial charge in [0.2, 0.25) is 5.89 Å². The third-order valence-electron chi connectivity index (χ3n) is 6.99. The van der Waals surface area contributed by atoms with Gasteiger partial charge in [-0.25, -0.2) is 4.98 Å². The number of aliphatic hydroxyl groups is 1. The number of oxazole rings is 1. The summed E-state index contributed by atoms with van der Waals surface area (Å²) in [7, 11) is 1.42. The summed E-state index contributed by atoms with van der Waals surface area (Å²) in [4.78, 5) is 36.4. The summed E-state index contributed by atoms with van der Waals surface area (Å²) in [6, 6.07) is 12.0. The van der Waals surface area contributed by atoms with Crippen molar-refractivity contribution in [3.05, 3.63) is 70.3 Å². The number of ether oxygens (including phenoxy) is 1. The molecule has 1 aliphatic rings. The number of aromatic nitrogens is 4. The van der Waals surface area contributed by atoms with Crippen LogP contribution >= 0.6 is 0 Å². The van der Waals surface area contributed by atoms with E-state index in [2.05, 4.69) is 15.1 Å². The Bertz CT molecular complexity index is 1810. The number of nitrogens with one attached hydrogen (secondary N) is 1. The van der Waals surface area contributed by atoms with Crippen molar-refractivity contribution in [3.8, 4) is 28.3 Å². The van der Waals surface area contributed by atoms with Gasteiger partial charge in [0.05, 0.1) is 25.3 Å². The fourth-order valence-corrected chi connectivity index (χ4v) is 5.14. The van der Waals surface area contributed by atoms with Crippen molar-refractivity contribution in [2.24, 2.45) is 0 Å². The number of benzene rings is 2. The monoisotopic (exact) mass is 553 g/mol. The second kappa shape index (κ2) is 9.52. The summed E-state index contributed by atoms with van der Waals surface area (Å²) in [6.07, 6.45) is -3.77. The van der Waals surface area contributed by atoms with Gasteiger partial charge in [-0.3, -0.25) is 9.59 Å². The Hall–Kier alpha value is -4.65. The van der Waals surface area contributed by atoms with E-state index in [0.717, 1.165) is 0 Å². The van der Waals surface area contributed by atoms with Gasteiger partial charge < -0.3 is 24.1 Å². The highest BCUT2D eigenvalue weighted by Crippen LogP contribution is 2.39. The number of methoxy groups -OCH3 is 1. The van der Waals surface area contributed by atoms with E-state index in [1.807, 2.05) is 0 Å². The number of alkyl halides is 3. The molecule has 2 N–H and O–H groups in total. The number of aliphatic hydroxyl groups excluding tert-OH is 1. The molecule has 1 aliphatic heterocycles. The zero-order chi connectivity index (χ0) is 28.2. The van der Waals surface area contributed by atoms with Crippen LogP contribution in [0.15, 0.2) is 57.7 Å². The molecular formula is C27H22F3N5O5. The minimum Gasteiger partial charge on any atom is -0.494 e. The van der Waals surface area contributed by atoms with Crippen molar-refractivity contribution < 1.29 is 32.2 Å². The topological polar surface area (TPSA) is 126 Å². The quantitative estimate of drug-likeness (QED) is 0.335. The Labute approximate surface area is 223 Å². The van der Waals surface area contributed by atoms with Gasteiger partial charge >= 0.3 is 6.18 Å². The zero-order valence-corrected chi connectivity index (χ0v) is 21.0. The predicted octanol–water partition coefficient (Wildman–Crippen LogP) is 4.12. The summed E-state index contributed by atoms with van der Waals surface area (Å²) < 4.78 is 54.4. The first kappa shape index (κ1) is 25.6. The summed E-state index contributed by atoms with van der Waals surface area (Å²) in [6.45, 7) is -0.0233. The number of aromatic amines is 1. The Morgan fingerprint density at radius 1 is 1.18 bits per heavy atom. The number of hydrogen-bond donors (Lipinski definition) is 2. The van der Waals surface area contributed by atoms with Crippen molar-refractivity contribution in [2.45, 2.75) is 25.1 Å². The summed E-state index contributed by atoms with van der Waals surface area (Å²) >= 11 is 0. The van der Waals surface area contributed by atoms with Crippen molar-refractivity contribution in [1.82, 2.24) is 24.5 Å². The number of halogens is 3. The number of para-hydroxylation sites is 1. The molecule has 2 aromatic carbocycles. The van der Waals surface area contributed by atoms with Crippen molar-refractivity contribution in [2.75, 3.05) is 20.3 Å². The van der Waals surface area contributed by atoms with E-state index in [9.17, 15) is 27.9 Å². The van der Waals surface area contributed by atoms with Gasteiger partial charge in [0, 0.05) is 6.54 Å². The number of rotatable bonds is 5. The number of amides is 1. The number of H-pyrrole nitrogens is 1. The lowest BCUT2D eigenvalue weighted by Crippen LogP contribution is -2.39. The molecule has 0 aliphatic carbocycles. The van der Waals surface area contributed by atoms with E-state index >= 15 is 0 Å². The van der Waals surface area contributed by atoms with Gasteiger partial charge in [0.1, 0.15) is 22.7 Å². The van der Waals surface area contributed by atoms with E-state index in [0.29, 0.717) is 23.1 Å². The zero-order valence-electron chi connectivity index (χ0n) is 21.0. The lowest BCUT2D eigenvalue weighted by Gasteiger charge is -2.23. The molecule has 1 amide bonds. The van der Waals surface area contributed by atoms with Crippen LogP contribution in [0.1, 0.15) is 29.0 Å². The summed E-state index contributed by atoms with van der Waals surface area (Å²) in [5.74, 6) is -0.646. The number of carbonyl (C=O) groups excluding carboxylic acids is 1. The van der Waals surface area contributed by atoms with Crippen LogP contribution in [0.3, 0.4) is 0 Å². The third-order valence-corrected chi connectivity index (χ3v) is 6.99. The van der Waals surface area contributed by atoms with E-state index in [1.54, 1.807) is 36.4 Å². The second-order valence-corrected chi connectivity index (χ2v) is 9.33. The Balaban J connectivity index is 1.69. The van der Waals surface area contributed by atoms with Crippen LogP contribution in [-0.2, 0) is 6.18 Å². The smallest absolute Gasteiger partial charge is 0.435 e. The summed E-state index contributed by atoms with van der Waals surface area (Å²) in [5, 5.41) is 13.5. The maximum absolute atomic E-state index is 14.2. The van der Waals surface area contributed by atoms with Crippen LogP contribution in [0, 0.1) is 0 Å². The molecule has 0 radical (unpaired) electrons. The van der Waals surface area contributed by atoms with Gasteiger partial charge in [-0.05, 0) is 30.5 Å². The lowest BCUT2D eigenvalue weighted by molar-refractivity contribution is -0.140. The molecule has 6 rings (SSSR count). The number of fused-ring (bicyclic) bond motifs is 2. The molecule has 1 saturated heterocycles. The molecule has 0 saturated carbocycles. The highest BCUT2D eigenvalue weighted by atomic mass is 19.4. The van der Waals surface area contributed by atoms with E-state index < -0.39 is 34.9 Å². The highest BCUT2D eigenvalue weighted by Gasteiger charge is 2.41. The van der Waals surface area contributed by atoms with Crippen molar-refractivity contribution >= 4 is 22.7 Å². The van der Waals surface area contributed by atoms with Crippen LogP contribution in [0.5, 0.6) is 5.75 Å². The molecule has 1 atom stereocenters. The van der Waals surface area contributed by atoms with Crippen LogP contribution in [0.2, 0.25) is 0 Å². The average molecular weight is 553 g/mol. The number of carbonyl (C=O) groups is 1. The predicted molar refractivity (Wildman–Crippen MR) is 137 cm³/mol. The van der Waals surface area contributed by atoms with Crippen molar-refractivity contribution in [3.63, 3.8) is 0 Å². The first-order valence-corrected chi connectivity index (χ1v) is 12.4. The standard InChI is InChI=1S/C27H22F3N5O5/c1-39-16-10-5-11-17-20(16)32-24(40-17)19-21(26(38)34-12-6-9-15(34)13-36)31-23-18(14-7-3-2-4-8-14)22(27(28,29)30)33-35(23)25(19)37/h2-5,7-8,10-11,15,31,36H,6,9,12-13H2,1H3. The minimum absolute atomic E-state index is 0.146. The molecule has 206 valence electrons.